The average Bonchev–Trinajstić information content (AvgIpc) is 3.02. The Morgan fingerprint density at radius 1 is 0.840 bits per heavy atom. The third-order valence-electron chi connectivity index (χ3n) is 4.83. The maximum Gasteiger partial charge on any atom is 0.251 e. The van der Waals surface area contributed by atoms with Crippen LogP contribution in [0.1, 0.15) is 45.4 Å². The van der Waals surface area contributed by atoms with Crippen molar-refractivity contribution in [2.45, 2.75) is 18.4 Å². The van der Waals surface area contributed by atoms with Crippen LogP contribution in [0, 0.1) is 0 Å². The standard InChI is InChI=1S/C22H18ClNO/c23-17-12-10-15(11-13-17)20-14-21(19-9-5-4-8-18(19)20)24-22(25)16-6-2-1-3-7-16/h1-13,20-21H,14H2,(H,24,25)/t20-,21-/m0/s1. The number of amides is 1. The zero-order valence-corrected chi connectivity index (χ0v) is 14.4. The van der Waals surface area contributed by atoms with Crippen LogP contribution in [0.25, 0.3) is 0 Å². The van der Waals surface area contributed by atoms with Crippen LogP contribution >= 0.6 is 11.6 Å². The lowest BCUT2D eigenvalue weighted by Gasteiger charge is -2.15. The molecule has 0 saturated carbocycles. The maximum atomic E-state index is 12.6. The molecule has 0 radical (unpaired) electrons. The number of benzene rings is 3. The van der Waals surface area contributed by atoms with Crippen molar-refractivity contribution >= 4 is 17.5 Å². The first-order valence-corrected chi connectivity index (χ1v) is 8.80. The third kappa shape index (κ3) is 3.18. The zero-order chi connectivity index (χ0) is 17.2. The van der Waals surface area contributed by atoms with Gasteiger partial charge in [-0.2, -0.15) is 0 Å². The van der Waals surface area contributed by atoms with Crippen molar-refractivity contribution in [3.05, 3.63) is 106 Å². The molecule has 1 aliphatic rings. The number of rotatable bonds is 3. The van der Waals surface area contributed by atoms with Crippen LogP contribution in [-0.4, -0.2) is 5.91 Å². The molecule has 124 valence electrons. The molecule has 2 nitrogen and oxygen atoms in total. The largest absolute Gasteiger partial charge is 0.345 e. The Kier molecular flexibility index (Phi) is 4.29. The summed E-state index contributed by atoms with van der Waals surface area (Å²) >= 11 is 6.03. The highest BCUT2D eigenvalue weighted by Crippen LogP contribution is 2.44. The molecule has 0 saturated heterocycles. The maximum absolute atomic E-state index is 12.6. The first-order chi connectivity index (χ1) is 12.2. The van der Waals surface area contributed by atoms with Gasteiger partial charge in [0.25, 0.3) is 5.91 Å². The van der Waals surface area contributed by atoms with Crippen molar-refractivity contribution in [3.8, 4) is 0 Å². The monoisotopic (exact) mass is 347 g/mol. The lowest BCUT2D eigenvalue weighted by atomic mass is 9.93. The van der Waals surface area contributed by atoms with E-state index in [2.05, 4.69) is 35.6 Å². The molecule has 0 aromatic heterocycles. The summed E-state index contributed by atoms with van der Waals surface area (Å²) < 4.78 is 0. The van der Waals surface area contributed by atoms with Gasteiger partial charge in [0, 0.05) is 16.5 Å². The van der Waals surface area contributed by atoms with Crippen LogP contribution in [0.3, 0.4) is 0 Å². The highest BCUT2D eigenvalue weighted by atomic mass is 35.5. The van der Waals surface area contributed by atoms with E-state index >= 15 is 0 Å². The fraction of sp³-hybridized carbons (Fsp3) is 0.136. The third-order valence-corrected chi connectivity index (χ3v) is 5.08. The fourth-order valence-corrected chi connectivity index (χ4v) is 3.74. The predicted octanol–water partition coefficient (Wildman–Crippen LogP) is 5.35. The van der Waals surface area contributed by atoms with Gasteiger partial charge in [-0.1, -0.05) is 66.2 Å². The quantitative estimate of drug-likeness (QED) is 0.680. The highest BCUT2D eigenvalue weighted by molar-refractivity contribution is 6.30. The molecule has 25 heavy (non-hydrogen) atoms. The Bertz CT molecular complexity index is 889. The SMILES string of the molecule is O=C(N[C@H]1C[C@@H](c2ccc(Cl)cc2)c2ccccc21)c1ccccc1. The molecule has 0 heterocycles. The van der Waals surface area contributed by atoms with Gasteiger partial charge in [-0.05, 0) is 47.4 Å². The number of hydrogen-bond acceptors (Lipinski definition) is 1. The van der Waals surface area contributed by atoms with Crippen molar-refractivity contribution in [1.29, 1.82) is 0 Å². The van der Waals surface area contributed by atoms with Gasteiger partial charge in [-0.25, -0.2) is 0 Å². The Labute approximate surface area is 152 Å². The summed E-state index contributed by atoms with van der Waals surface area (Å²) in [5.41, 5.74) is 4.40. The number of fused-ring (bicyclic) bond motifs is 1. The van der Waals surface area contributed by atoms with Crippen LogP contribution in [0.4, 0.5) is 0 Å². The second kappa shape index (κ2) is 6.73. The second-order valence-corrected chi connectivity index (χ2v) is 6.80. The van der Waals surface area contributed by atoms with E-state index in [9.17, 15) is 4.79 Å². The van der Waals surface area contributed by atoms with Crippen LogP contribution in [0.2, 0.25) is 5.02 Å². The van der Waals surface area contributed by atoms with E-state index in [1.165, 1.54) is 16.7 Å². The molecule has 1 N–H and O–H groups in total. The minimum Gasteiger partial charge on any atom is -0.345 e. The Morgan fingerprint density at radius 3 is 2.20 bits per heavy atom. The highest BCUT2D eigenvalue weighted by Gasteiger charge is 2.32. The summed E-state index contributed by atoms with van der Waals surface area (Å²) in [6.45, 7) is 0. The van der Waals surface area contributed by atoms with Crippen molar-refractivity contribution in [2.24, 2.45) is 0 Å². The Balaban J connectivity index is 1.62. The van der Waals surface area contributed by atoms with Crippen molar-refractivity contribution in [3.63, 3.8) is 0 Å². The molecule has 0 fully saturated rings. The smallest absolute Gasteiger partial charge is 0.251 e. The normalized spacial score (nSPS) is 18.6. The van der Waals surface area contributed by atoms with Gasteiger partial charge in [0.15, 0.2) is 0 Å². The summed E-state index contributed by atoms with van der Waals surface area (Å²) in [6.07, 6.45) is 0.861. The predicted molar refractivity (Wildman–Crippen MR) is 101 cm³/mol. The summed E-state index contributed by atoms with van der Waals surface area (Å²) in [6, 6.07) is 25.7. The first kappa shape index (κ1) is 15.9. The van der Waals surface area contributed by atoms with Crippen molar-refractivity contribution in [2.75, 3.05) is 0 Å². The molecule has 0 unspecified atom stereocenters. The van der Waals surface area contributed by atoms with E-state index in [4.69, 9.17) is 11.6 Å². The molecular weight excluding hydrogens is 330 g/mol. The minimum absolute atomic E-state index is 0.0181. The molecule has 0 aliphatic heterocycles. The van der Waals surface area contributed by atoms with Gasteiger partial charge in [0.1, 0.15) is 0 Å². The summed E-state index contributed by atoms with van der Waals surface area (Å²) in [4.78, 5) is 12.6. The van der Waals surface area contributed by atoms with E-state index in [0.29, 0.717) is 5.56 Å². The first-order valence-electron chi connectivity index (χ1n) is 8.42. The number of carbonyl (C=O) groups excluding carboxylic acids is 1. The van der Waals surface area contributed by atoms with E-state index < -0.39 is 0 Å². The van der Waals surface area contributed by atoms with E-state index in [-0.39, 0.29) is 17.9 Å². The average molecular weight is 348 g/mol. The molecule has 1 aliphatic carbocycles. The molecule has 0 spiro atoms. The van der Waals surface area contributed by atoms with Crippen LogP contribution in [0.15, 0.2) is 78.9 Å². The van der Waals surface area contributed by atoms with Gasteiger partial charge >= 0.3 is 0 Å². The van der Waals surface area contributed by atoms with Crippen LogP contribution in [0.5, 0.6) is 0 Å². The summed E-state index contributed by atoms with van der Waals surface area (Å²) in [7, 11) is 0. The molecular formula is C22H18ClNO. The van der Waals surface area contributed by atoms with Crippen molar-refractivity contribution < 1.29 is 4.79 Å². The van der Waals surface area contributed by atoms with Crippen molar-refractivity contribution in [1.82, 2.24) is 5.32 Å². The fourth-order valence-electron chi connectivity index (χ4n) is 3.61. The summed E-state index contributed by atoms with van der Waals surface area (Å²) in [5, 5.41) is 3.94. The van der Waals surface area contributed by atoms with Gasteiger partial charge in [-0.3, -0.25) is 4.79 Å². The van der Waals surface area contributed by atoms with Crippen LogP contribution < -0.4 is 5.32 Å². The van der Waals surface area contributed by atoms with Gasteiger partial charge in [-0.15, -0.1) is 0 Å². The number of halogens is 1. The number of hydrogen-bond donors (Lipinski definition) is 1. The van der Waals surface area contributed by atoms with Gasteiger partial charge in [0.05, 0.1) is 6.04 Å². The number of carbonyl (C=O) groups is 1. The Morgan fingerprint density at radius 2 is 1.48 bits per heavy atom. The van der Waals surface area contributed by atoms with E-state index in [0.717, 1.165) is 11.4 Å². The minimum atomic E-state index is -0.0304. The molecule has 0 bridgehead atoms. The second-order valence-electron chi connectivity index (χ2n) is 6.36. The van der Waals surface area contributed by atoms with Gasteiger partial charge < -0.3 is 5.32 Å². The van der Waals surface area contributed by atoms with Crippen LogP contribution in [-0.2, 0) is 0 Å². The van der Waals surface area contributed by atoms with Gasteiger partial charge in [0.2, 0.25) is 0 Å². The topological polar surface area (TPSA) is 29.1 Å². The molecule has 1 amide bonds. The molecule has 3 heteroatoms. The molecule has 2 atom stereocenters. The molecule has 3 aromatic rings. The molecule has 3 aromatic carbocycles. The lowest BCUT2D eigenvalue weighted by Crippen LogP contribution is -2.27. The zero-order valence-electron chi connectivity index (χ0n) is 13.7. The number of nitrogens with one attached hydrogen (secondary N) is 1. The molecule has 4 rings (SSSR count). The lowest BCUT2D eigenvalue weighted by molar-refractivity contribution is 0.0936. The van der Waals surface area contributed by atoms with E-state index in [1.54, 1.807) is 0 Å². The summed E-state index contributed by atoms with van der Waals surface area (Å²) in [5.74, 6) is 0.242. The Hall–Kier alpha value is -2.58. The van der Waals surface area contributed by atoms with E-state index in [1.807, 2.05) is 48.5 Å².